The van der Waals surface area contributed by atoms with Crippen molar-refractivity contribution in [1.29, 1.82) is 0 Å². The van der Waals surface area contributed by atoms with Crippen molar-refractivity contribution in [3.8, 4) is 11.5 Å². The van der Waals surface area contributed by atoms with Gasteiger partial charge in [-0.1, -0.05) is 30.3 Å². The van der Waals surface area contributed by atoms with Crippen molar-refractivity contribution >= 4 is 16.8 Å². The summed E-state index contributed by atoms with van der Waals surface area (Å²) in [5, 5.41) is 8.69. The maximum Gasteiger partial charge on any atom is 0.224 e. The third-order valence-electron chi connectivity index (χ3n) is 6.31. The molecule has 4 aromatic rings. The number of methoxy groups -OCH3 is 2. The highest BCUT2D eigenvalue weighted by atomic mass is 16.5. The fourth-order valence-corrected chi connectivity index (χ4v) is 4.47. The number of aromatic amines is 1. The lowest BCUT2D eigenvalue weighted by Gasteiger charge is -2.22. The number of rotatable bonds is 8. The maximum atomic E-state index is 13.0. The number of fused-ring (bicyclic) bond motifs is 1. The number of carbonyl (C=O) groups excluding carboxylic acids is 1. The van der Waals surface area contributed by atoms with Crippen LogP contribution in [0.5, 0.6) is 11.5 Å². The zero-order valence-electron chi connectivity index (χ0n) is 19.7. The zero-order valence-corrected chi connectivity index (χ0v) is 19.7. The molecule has 33 heavy (non-hydrogen) atoms. The first kappa shape index (κ1) is 22.5. The van der Waals surface area contributed by atoms with E-state index in [-0.39, 0.29) is 11.8 Å². The minimum Gasteiger partial charge on any atom is -0.493 e. The molecule has 0 aliphatic heterocycles. The molecule has 7 heteroatoms. The Bertz CT molecular complexity index is 1290. The maximum absolute atomic E-state index is 13.0. The van der Waals surface area contributed by atoms with Gasteiger partial charge in [-0.2, -0.15) is 5.10 Å². The highest BCUT2D eigenvalue weighted by Gasteiger charge is 2.24. The smallest absolute Gasteiger partial charge is 0.224 e. The van der Waals surface area contributed by atoms with Crippen LogP contribution in [-0.4, -0.2) is 41.4 Å². The van der Waals surface area contributed by atoms with Crippen LogP contribution in [0, 0.1) is 13.8 Å². The molecule has 0 saturated heterocycles. The van der Waals surface area contributed by atoms with Gasteiger partial charge in [0.25, 0.3) is 0 Å². The number of amides is 1. The number of nitrogens with zero attached hydrogens (tertiary/aromatic N) is 2. The normalized spacial score (nSPS) is 12.0. The van der Waals surface area contributed by atoms with Crippen LogP contribution in [0.15, 0.2) is 48.7 Å². The summed E-state index contributed by atoms with van der Waals surface area (Å²) in [7, 11) is 5.16. The summed E-state index contributed by atoms with van der Waals surface area (Å²) in [5.74, 6) is 1.16. The number of hydrogen-bond donors (Lipinski definition) is 2. The second-order valence-corrected chi connectivity index (χ2v) is 8.18. The Hall–Kier alpha value is -3.74. The van der Waals surface area contributed by atoms with E-state index in [1.807, 2.05) is 68.2 Å². The molecular weight excluding hydrogens is 416 g/mol. The van der Waals surface area contributed by atoms with Crippen LogP contribution >= 0.6 is 0 Å². The largest absolute Gasteiger partial charge is 0.493 e. The second kappa shape index (κ2) is 9.40. The van der Waals surface area contributed by atoms with Crippen LogP contribution in [-0.2, 0) is 18.3 Å². The van der Waals surface area contributed by atoms with E-state index in [0.29, 0.717) is 24.5 Å². The van der Waals surface area contributed by atoms with Gasteiger partial charge in [-0.25, -0.2) is 0 Å². The van der Waals surface area contributed by atoms with Crippen LogP contribution in [0.1, 0.15) is 34.0 Å². The molecule has 0 radical (unpaired) electrons. The van der Waals surface area contributed by atoms with Crippen LogP contribution < -0.4 is 14.8 Å². The number of para-hydroxylation sites is 2. The summed E-state index contributed by atoms with van der Waals surface area (Å²) < 4.78 is 13.1. The summed E-state index contributed by atoms with van der Waals surface area (Å²) in [4.78, 5) is 16.3. The predicted molar refractivity (Wildman–Crippen MR) is 129 cm³/mol. The van der Waals surface area contributed by atoms with Crippen LogP contribution in [0.25, 0.3) is 10.9 Å². The van der Waals surface area contributed by atoms with Gasteiger partial charge < -0.3 is 19.8 Å². The van der Waals surface area contributed by atoms with Crippen molar-refractivity contribution in [1.82, 2.24) is 20.1 Å². The van der Waals surface area contributed by atoms with Crippen molar-refractivity contribution in [2.24, 2.45) is 7.05 Å². The number of ether oxygens (including phenoxy) is 2. The molecule has 1 amide bonds. The number of H-pyrrole nitrogens is 1. The lowest BCUT2D eigenvalue weighted by atomic mass is 9.89. The van der Waals surface area contributed by atoms with Gasteiger partial charge in [-0.15, -0.1) is 0 Å². The molecule has 2 N–H and O–H groups in total. The molecule has 2 heterocycles. The first-order chi connectivity index (χ1) is 15.9. The molecule has 0 saturated carbocycles. The lowest BCUT2D eigenvalue weighted by Crippen LogP contribution is -2.30. The summed E-state index contributed by atoms with van der Waals surface area (Å²) in [5.41, 5.74) is 5.95. The van der Waals surface area contributed by atoms with E-state index in [2.05, 4.69) is 21.5 Å². The van der Waals surface area contributed by atoms with E-state index in [1.54, 1.807) is 14.2 Å². The molecule has 4 rings (SSSR count). The minimum absolute atomic E-state index is 0.0408. The van der Waals surface area contributed by atoms with Gasteiger partial charge in [-0.3, -0.25) is 9.48 Å². The standard InChI is InChI=1S/C26H30N4O3/c1-16-20(17(2)30(3)29-16)13-25(31)28-15-22(19-10-8-12-24(32-4)26(19)33-5)21-14-27-23-11-7-6-9-18(21)23/h6-12,14,22,27H,13,15H2,1-5H3,(H,28,31). The molecule has 2 aromatic heterocycles. The number of nitrogens with one attached hydrogen (secondary N) is 2. The highest BCUT2D eigenvalue weighted by molar-refractivity contribution is 5.85. The van der Waals surface area contributed by atoms with Gasteiger partial charge in [0.2, 0.25) is 5.91 Å². The monoisotopic (exact) mass is 446 g/mol. The van der Waals surface area contributed by atoms with Crippen LogP contribution in [0.4, 0.5) is 0 Å². The molecule has 0 aliphatic rings. The molecule has 2 aromatic carbocycles. The third kappa shape index (κ3) is 4.31. The molecule has 0 fully saturated rings. The summed E-state index contributed by atoms with van der Waals surface area (Å²) in [6.45, 7) is 4.34. The van der Waals surface area contributed by atoms with Gasteiger partial charge in [0.15, 0.2) is 11.5 Å². The molecule has 1 atom stereocenters. The number of carbonyl (C=O) groups is 1. The van der Waals surface area contributed by atoms with Crippen molar-refractivity contribution < 1.29 is 14.3 Å². The molecule has 172 valence electrons. The minimum atomic E-state index is -0.133. The Morgan fingerprint density at radius 3 is 2.58 bits per heavy atom. The van der Waals surface area contributed by atoms with E-state index in [4.69, 9.17) is 9.47 Å². The van der Waals surface area contributed by atoms with E-state index in [1.165, 1.54) is 0 Å². The fraction of sp³-hybridized carbons (Fsp3) is 0.308. The van der Waals surface area contributed by atoms with Gasteiger partial charge in [0.05, 0.1) is 26.3 Å². The summed E-state index contributed by atoms with van der Waals surface area (Å²) in [6, 6.07) is 14.0. The Labute approximate surface area is 193 Å². The van der Waals surface area contributed by atoms with Gasteiger partial charge >= 0.3 is 0 Å². The quantitative estimate of drug-likeness (QED) is 0.428. The average Bonchev–Trinajstić information content (AvgIpc) is 3.35. The first-order valence-corrected chi connectivity index (χ1v) is 11.0. The second-order valence-electron chi connectivity index (χ2n) is 8.18. The summed E-state index contributed by atoms with van der Waals surface area (Å²) >= 11 is 0. The van der Waals surface area contributed by atoms with E-state index in [9.17, 15) is 4.79 Å². The van der Waals surface area contributed by atoms with Crippen molar-refractivity contribution in [2.75, 3.05) is 20.8 Å². The van der Waals surface area contributed by atoms with Crippen molar-refractivity contribution in [3.05, 3.63) is 76.7 Å². The third-order valence-corrected chi connectivity index (χ3v) is 6.31. The zero-order chi connectivity index (χ0) is 23.5. The Kier molecular flexibility index (Phi) is 6.40. The Balaban J connectivity index is 1.68. The number of benzene rings is 2. The molecule has 1 unspecified atom stereocenters. The van der Waals surface area contributed by atoms with Crippen molar-refractivity contribution in [2.45, 2.75) is 26.2 Å². The highest BCUT2D eigenvalue weighted by Crippen LogP contribution is 2.40. The fourth-order valence-electron chi connectivity index (χ4n) is 4.47. The lowest BCUT2D eigenvalue weighted by molar-refractivity contribution is -0.120. The van der Waals surface area contributed by atoms with Crippen LogP contribution in [0.2, 0.25) is 0 Å². The molecular formula is C26H30N4O3. The SMILES string of the molecule is COc1cccc(C(CNC(=O)Cc2c(C)nn(C)c2C)c2c[nH]c3ccccc23)c1OC. The Morgan fingerprint density at radius 1 is 1.09 bits per heavy atom. The van der Waals surface area contributed by atoms with Crippen LogP contribution in [0.3, 0.4) is 0 Å². The van der Waals surface area contributed by atoms with E-state index in [0.717, 1.165) is 39.0 Å². The number of aromatic nitrogens is 3. The summed E-state index contributed by atoms with van der Waals surface area (Å²) in [6.07, 6.45) is 2.30. The molecule has 0 aliphatic carbocycles. The molecule has 0 spiro atoms. The van der Waals surface area contributed by atoms with Gasteiger partial charge in [-0.05, 0) is 31.5 Å². The Morgan fingerprint density at radius 2 is 1.88 bits per heavy atom. The van der Waals surface area contributed by atoms with Crippen molar-refractivity contribution in [3.63, 3.8) is 0 Å². The topological polar surface area (TPSA) is 81.2 Å². The first-order valence-electron chi connectivity index (χ1n) is 11.0. The molecule has 7 nitrogen and oxygen atoms in total. The van der Waals surface area contributed by atoms with Gasteiger partial charge in [0, 0.05) is 53.4 Å². The number of hydrogen-bond acceptors (Lipinski definition) is 4. The van der Waals surface area contributed by atoms with E-state index < -0.39 is 0 Å². The molecule has 0 bridgehead atoms. The predicted octanol–water partition coefficient (Wildman–Crippen LogP) is 4.03. The van der Waals surface area contributed by atoms with Gasteiger partial charge in [0.1, 0.15) is 0 Å². The number of aryl methyl sites for hydroxylation is 2. The van der Waals surface area contributed by atoms with E-state index >= 15 is 0 Å². The average molecular weight is 447 g/mol.